The van der Waals surface area contributed by atoms with E-state index < -0.39 is 0 Å². The zero-order chi connectivity index (χ0) is 20.0. The molecule has 9 heteroatoms. The molecule has 1 aliphatic rings. The number of anilines is 1. The molecule has 3 N–H and O–H groups in total. The van der Waals surface area contributed by atoms with Crippen molar-refractivity contribution in [1.29, 1.82) is 0 Å². The number of aromatic nitrogens is 5. The van der Waals surface area contributed by atoms with Crippen molar-refractivity contribution in [3.05, 3.63) is 36.7 Å². The number of hydrogen-bond acceptors (Lipinski definition) is 8. The largest absolute Gasteiger partial charge is 0.478 e. The van der Waals surface area contributed by atoms with Gasteiger partial charge < -0.3 is 15.6 Å². The topological polar surface area (TPSA) is 115 Å². The van der Waals surface area contributed by atoms with Gasteiger partial charge in [0.1, 0.15) is 17.8 Å². The van der Waals surface area contributed by atoms with E-state index in [2.05, 4.69) is 19.9 Å². The quantitative estimate of drug-likeness (QED) is 0.528. The van der Waals surface area contributed by atoms with Crippen molar-refractivity contribution in [1.82, 2.24) is 29.6 Å². The Morgan fingerprint density at radius 3 is 2.86 bits per heavy atom. The van der Waals surface area contributed by atoms with Crippen LogP contribution in [0.3, 0.4) is 0 Å². The number of nitrogens with two attached hydrogens (primary N) is 1. The third-order valence-corrected chi connectivity index (χ3v) is 5.06. The molecular formula is C20H21N7O2. The number of β-amino-alcohol motifs (C(OH)–C–C–N with tert-alkyl or cyclic N) is 1. The first-order valence-electron chi connectivity index (χ1n) is 9.53. The van der Waals surface area contributed by atoms with Crippen molar-refractivity contribution in [3.63, 3.8) is 0 Å². The minimum absolute atomic E-state index is 0.273. The molecular weight excluding hydrogens is 370 g/mol. The summed E-state index contributed by atoms with van der Waals surface area (Å²) in [5.41, 5.74) is 9.36. The number of benzene rings is 1. The van der Waals surface area contributed by atoms with Gasteiger partial charge in [-0.3, -0.25) is 4.90 Å². The van der Waals surface area contributed by atoms with Crippen molar-refractivity contribution < 1.29 is 9.84 Å². The Hall–Kier alpha value is -3.30. The average molecular weight is 391 g/mol. The number of likely N-dealkylation sites (tertiary alicyclic amines) is 1. The highest BCUT2D eigenvalue weighted by Crippen LogP contribution is 2.32. The molecule has 0 atom stereocenters. The molecule has 29 heavy (non-hydrogen) atoms. The zero-order valence-corrected chi connectivity index (χ0v) is 16.0. The van der Waals surface area contributed by atoms with E-state index in [4.69, 9.17) is 15.6 Å². The maximum Gasteiger partial charge on any atom is 0.213 e. The van der Waals surface area contributed by atoms with E-state index in [1.807, 2.05) is 41.9 Å². The van der Waals surface area contributed by atoms with Gasteiger partial charge in [0.05, 0.1) is 30.3 Å². The first-order valence-corrected chi connectivity index (χ1v) is 9.53. The molecule has 0 bridgehead atoms. The highest BCUT2D eigenvalue weighted by Gasteiger charge is 2.26. The van der Waals surface area contributed by atoms with E-state index in [1.54, 1.807) is 0 Å². The lowest BCUT2D eigenvalue weighted by atomic mass is 10.1. The first-order chi connectivity index (χ1) is 14.1. The van der Waals surface area contributed by atoms with Crippen LogP contribution in [0.4, 0.5) is 5.82 Å². The number of rotatable bonds is 5. The number of pyridine rings is 1. The van der Waals surface area contributed by atoms with Crippen molar-refractivity contribution in [3.8, 4) is 17.1 Å². The fourth-order valence-corrected chi connectivity index (χ4v) is 3.66. The van der Waals surface area contributed by atoms with Crippen LogP contribution in [-0.2, 0) is 6.67 Å². The number of hydrogen-bond donors (Lipinski definition) is 2. The number of nitrogens with zero attached hydrogens (tertiary/aromatic N) is 6. The molecule has 0 unspecified atom stereocenters. The lowest BCUT2D eigenvalue weighted by Gasteiger charge is -2.35. The standard InChI is InChI=1S/C20H21N7O2/c1-2-29-16-6-4-12-7-13(3-5-15(12)24-16)18-17-19(21)22-10-23-20(17)27(25-18)11-26-8-14(28)9-26/h3-7,10,14,28H,2,8-9,11H2,1H3,(H2,21,22,23). The molecule has 0 radical (unpaired) electrons. The number of nitrogen functional groups attached to an aromatic ring is 1. The smallest absolute Gasteiger partial charge is 0.213 e. The van der Waals surface area contributed by atoms with E-state index >= 15 is 0 Å². The molecule has 0 saturated carbocycles. The maximum absolute atomic E-state index is 9.56. The van der Waals surface area contributed by atoms with Crippen LogP contribution in [0, 0.1) is 0 Å². The zero-order valence-electron chi connectivity index (χ0n) is 16.0. The lowest BCUT2D eigenvalue weighted by Crippen LogP contribution is -2.51. The summed E-state index contributed by atoms with van der Waals surface area (Å²) in [6.45, 7) is 4.30. The molecule has 1 saturated heterocycles. The Labute approximate surface area is 166 Å². The number of aliphatic hydroxyl groups is 1. The van der Waals surface area contributed by atoms with Crippen molar-refractivity contribution >= 4 is 27.8 Å². The molecule has 4 heterocycles. The average Bonchev–Trinajstić information content (AvgIpc) is 3.07. The van der Waals surface area contributed by atoms with E-state index in [9.17, 15) is 5.11 Å². The van der Waals surface area contributed by atoms with Gasteiger partial charge in [0.15, 0.2) is 5.65 Å². The van der Waals surface area contributed by atoms with Gasteiger partial charge in [0.2, 0.25) is 5.88 Å². The molecule has 0 spiro atoms. The van der Waals surface area contributed by atoms with Crippen molar-refractivity contribution in [2.45, 2.75) is 19.7 Å². The Kier molecular flexibility index (Phi) is 4.26. The molecule has 5 rings (SSSR count). The Morgan fingerprint density at radius 2 is 2.07 bits per heavy atom. The number of aliphatic hydroxyl groups excluding tert-OH is 1. The van der Waals surface area contributed by atoms with Gasteiger partial charge in [-0.25, -0.2) is 19.6 Å². The SMILES string of the molecule is CCOc1ccc2cc(-c3nn(CN4CC(O)C4)c4ncnc(N)c34)ccc2n1. The predicted octanol–water partition coefficient (Wildman–Crippen LogP) is 1.66. The van der Waals surface area contributed by atoms with E-state index in [-0.39, 0.29) is 6.10 Å². The Balaban J connectivity index is 1.59. The minimum atomic E-state index is -0.273. The summed E-state index contributed by atoms with van der Waals surface area (Å²) in [4.78, 5) is 15.2. The van der Waals surface area contributed by atoms with Gasteiger partial charge in [0, 0.05) is 30.1 Å². The number of ether oxygens (including phenoxy) is 1. The minimum Gasteiger partial charge on any atom is -0.478 e. The summed E-state index contributed by atoms with van der Waals surface area (Å²) < 4.78 is 7.30. The number of fused-ring (bicyclic) bond motifs is 2. The van der Waals surface area contributed by atoms with Crippen LogP contribution in [0.5, 0.6) is 5.88 Å². The van der Waals surface area contributed by atoms with Crippen LogP contribution in [0.15, 0.2) is 36.7 Å². The molecule has 0 amide bonds. The van der Waals surface area contributed by atoms with Crippen LogP contribution in [0.1, 0.15) is 6.92 Å². The monoisotopic (exact) mass is 391 g/mol. The van der Waals surface area contributed by atoms with Gasteiger partial charge in [-0.2, -0.15) is 5.10 Å². The van der Waals surface area contributed by atoms with Gasteiger partial charge in [-0.15, -0.1) is 0 Å². The van der Waals surface area contributed by atoms with Crippen LogP contribution in [0.25, 0.3) is 33.2 Å². The first kappa shape index (κ1) is 17.8. The van der Waals surface area contributed by atoms with Gasteiger partial charge in [-0.1, -0.05) is 6.07 Å². The Morgan fingerprint density at radius 1 is 1.21 bits per heavy atom. The molecule has 4 aromatic rings. The van der Waals surface area contributed by atoms with E-state index in [0.717, 1.165) is 27.5 Å². The van der Waals surface area contributed by atoms with Gasteiger partial charge >= 0.3 is 0 Å². The van der Waals surface area contributed by atoms with Crippen molar-refractivity contribution in [2.75, 3.05) is 25.4 Å². The summed E-state index contributed by atoms with van der Waals surface area (Å²) in [7, 11) is 0. The Bertz CT molecular complexity index is 1200. The third kappa shape index (κ3) is 3.14. The van der Waals surface area contributed by atoms with Crippen LogP contribution < -0.4 is 10.5 Å². The second-order valence-corrected chi connectivity index (χ2v) is 7.13. The molecule has 1 aromatic carbocycles. The highest BCUT2D eigenvalue weighted by atomic mass is 16.5. The van der Waals surface area contributed by atoms with Crippen molar-refractivity contribution in [2.24, 2.45) is 0 Å². The van der Waals surface area contributed by atoms with Crippen LogP contribution in [0.2, 0.25) is 0 Å². The van der Waals surface area contributed by atoms with E-state index in [1.165, 1.54) is 6.33 Å². The fraction of sp³-hybridized carbons (Fsp3) is 0.300. The molecule has 1 aliphatic heterocycles. The fourth-order valence-electron chi connectivity index (χ4n) is 3.66. The maximum atomic E-state index is 9.56. The summed E-state index contributed by atoms with van der Waals surface area (Å²) in [6.07, 6.45) is 1.18. The molecule has 148 valence electrons. The summed E-state index contributed by atoms with van der Waals surface area (Å²) in [6, 6.07) is 9.79. The second kappa shape index (κ2) is 6.94. The normalized spacial score (nSPS) is 15.1. The summed E-state index contributed by atoms with van der Waals surface area (Å²) in [5.74, 6) is 1.00. The second-order valence-electron chi connectivity index (χ2n) is 7.13. The molecule has 3 aromatic heterocycles. The predicted molar refractivity (Wildman–Crippen MR) is 109 cm³/mol. The van der Waals surface area contributed by atoms with Crippen LogP contribution in [-0.4, -0.2) is 60.5 Å². The van der Waals surface area contributed by atoms with E-state index in [0.29, 0.717) is 43.7 Å². The highest BCUT2D eigenvalue weighted by molar-refractivity contribution is 5.99. The molecule has 1 fully saturated rings. The van der Waals surface area contributed by atoms with Crippen LogP contribution >= 0.6 is 0 Å². The molecule has 9 nitrogen and oxygen atoms in total. The lowest BCUT2D eigenvalue weighted by molar-refractivity contribution is -0.0179. The molecule has 0 aliphatic carbocycles. The summed E-state index contributed by atoms with van der Waals surface area (Å²) in [5, 5.41) is 16.1. The van der Waals surface area contributed by atoms with Gasteiger partial charge in [0.25, 0.3) is 0 Å². The summed E-state index contributed by atoms with van der Waals surface area (Å²) >= 11 is 0. The third-order valence-electron chi connectivity index (χ3n) is 5.06. The van der Waals surface area contributed by atoms with Gasteiger partial charge in [-0.05, 0) is 25.1 Å².